The van der Waals surface area contributed by atoms with Gasteiger partial charge in [-0.1, -0.05) is 20.8 Å². The zero-order valence-electron chi connectivity index (χ0n) is 12.2. The molecule has 3 heterocycles. The lowest BCUT2D eigenvalue weighted by Gasteiger charge is -2.40. The van der Waals surface area contributed by atoms with Crippen molar-refractivity contribution >= 4 is 15.9 Å². The second-order valence-corrected chi connectivity index (χ2v) is 8.49. The summed E-state index contributed by atoms with van der Waals surface area (Å²) in [6.07, 6.45) is 0.381. The molecule has 6 nitrogen and oxygen atoms in total. The molecule has 0 radical (unpaired) electrons. The molecular formula is C13H22N2O4S. The fraction of sp³-hybridized carbons (Fsp3) is 0.923. The molecule has 3 aliphatic heterocycles. The van der Waals surface area contributed by atoms with E-state index in [2.05, 4.69) is 0 Å². The molecular weight excluding hydrogens is 280 g/mol. The van der Waals surface area contributed by atoms with Gasteiger partial charge in [0.15, 0.2) is 0 Å². The lowest BCUT2D eigenvalue weighted by molar-refractivity contribution is -0.153. The Kier molecular flexibility index (Phi) is 3.15. The Morgan fingerprint density at radius 3 is 2.70 bits per heavy atom. The molecule has 2 bridgehead atoms. The van der Waals surface area contributed by atoms with E-state index < -0.39 is 20.9 Å². The van der Waals surface area contributed by atoms with Gasteiger partial charge in [-0.25, -0.2) is 8.42 Å². The summed E-state index contributed by atoms with van der Waals surface area (Å²) in [5, 5.41) is -0.482. The number of fused-ring (bicyclic) bond motifs is 1. The predicted octanol–water partition coefficient (Wildman–Crippen LogP) is 0.0462. The number of amides is 1. The molecule has 7 heteroatoms. The minimum atomic E-state index is -3.28. The maximum Gasteiger partial charge on any atom is 0.225 e. The molecule has 0 unspecified atom stereocenters. The van der Waals surface area contributed by atoms with Crippen molar-refractivity contribution < 1.29 is 17.9 Å². The van der Waals surface area contributed by atoms with Gasteiger partial charge >= 0.3 is 0 Å². The van der Waals surface area contributed by atoms with Crippen molar-refractivity contribution in [2.75, 3.05) is 26.2 Å². The van der Waals surface area contributed by atoms with Crippen molar-refractivity contribution in [2.24, 2.45) is 5.92 Å². The van der Waals surface area contributed by atoms with Crippen LogP contribution >= 0.6 is 0 Å². The molecule has 3 aliphatic rings. The fourth-order valence-electron chi connectivity index (χ4n) is 3.77. The number of likely N-dealkylation sites (N-methyl/N-ethyl adjacent to an activating group) is 1. The molecule has 0 aromatic rings. The highest BCUT2D eigenvalue weighted by molar-refractivity contribution is 7.90. The van der Waals surface area contributed by atoms with Crippen LogP contribution in [-0.4, -0.2) is 66.7 Å². The average molecular weight is 302 g/mol. The first-order valence-corrected chi connectivity index (χ1v) is 8.76. The van der Waals surface area contributed by atoms with E-state index in [1.54, 1.807) is 4.90 Å². The predicted molar refractivity (Wildman–Crippen MR) is 73.6 cm³/mol. The molecule has 0 aromatic heterocycles. The van der Waals surface area contributed by atoms with Crippen LogP contribution in [0.25, 0.3) is 0 Å². The number of likely N-dealkylation sites (tertiary alicyclic amines) is 1. The summed E-state index contributed by atoms with van der Waals surface area (Å²) in [5.41, 5.74) is -0.706. The molecule has 1 amide bonds. The normalized spacial score (nSPS) is 39.3. The molecule has 3 fully saturated rings. The smallest absolute Gasteiger partial charge is 0.225 e. The molecule has 3 rings (SSSR count). The Morgan fingerprint density at radius 2 is 2.10 bits per heavy atom. The SMILES string of the molecule is CCN1C[C@]23CN(C(=O)C(C)C)C[C@@H](C[C@H]2S1(=O)=O)O3. The molecule has 0 aromatic carbocycles. The van der Waals surface area contributed by atoms with Crippen LogP contribution in [0.2, 0.25) is 0 Å². The third-order valence-electron chi connectivity index (χ3n) is 4.67. The first kappa shape index (κ1) is 14.3. The van der Waals surface area contributed by atoms with E-state index in [9.17, 15) is 13.2 Å². The Balaban J connectivity index is 1.91. The Bertz CT molecular complexity index is 532. The highest BCUT2D eigenvalue weighted by Gasteiger charge is 2.65. The van der Waals surface area contributed by atoms with E-state index in [1.165, 1.54) is 4.31 Å². The zero-order chi connectivity index (χ0) is 14.7. The van der Waals surface area contributed by atoms with Gasteiger partial charge in [-0.2, -0.15) is 4.31 Å². The monoisotopic (exact) mass is 302 g/mol. The summed E-state index contributed by atoms with van der Waals surface area (Å²) in [7, 11) is -3.28. The highest BCUT2D eigenvalue weighted by atomic mass is 32.2. The van der Waals surface area contributed by atoms with E-state index >= 15 is 0 Å². The van der Waals surface area contributed by atoms with Crippen molar-refractivity contribution in [3.8, 4) is 0 Å². The van der Waals surface area contributed by atoms with Gasteiger partial charge < -0.3 is 9.64 Å². The number of hydrogen-bond donors (Lipinski definition) is 0. The summed E-state index contributed by atoms with van der Waals surface area (Å²) >= 11 is 0. The topological polar surface area (TPSA) is 66.9 Å². The van der Waals surface area contributed by atoms with Crippen LogP contribution in [0.4, 0.5) is 0 Å². The van der Waals surface area contributed by atoms with Gasteiger partial charge in [0.2, 0.25) is 15.9 Å². The number of sulfonamides is 1. The third kappa shape index (κ3) is 1.83. The first-order valence-electron chi connectivity index (χ1n) is 7.26. The van der Waals surface area contributed by atoms with Crippen molar-refractivity contribution in [3.05, 3.63) is 0 Å². The van der Waals surface area contributed by atoms with Crippen LogP contribution < -0.4 is 0 Å². The number of morpholine rings is 1. The van der Waals surface area contributed by atoms with E-state index in [0.717, 1.165) is 0 Å². The van der Waals surface area contributed by atoms with Crippen LogP contribution in [0.3, 0.4) is 0 Å². The van der Waals surface area contributed by atoms with E-state index in [0.29, 0.717) is 32.6 Å². The van der Waals surface area contributed by atoms with Gasteiger partial charge in [0.1, 0.15) is 10.9 Å². The summed E-state index contributed by atoms with van der Waals surface area (Å²) in [5.74, 6) is 0.0216. The minimum Gasteiger partial charge on any atom is -0.365 e. The number of hydrogen-bond acceptors (Lipinski definition) is 4. The van der Waals surface area contributed by atoms with Crippen LogP contribution in [0.15, 0.2) is 0 Å². The zero-order valence-corrected chi connectivity index (χ0v) is 13.0. The van der Waals surface area contributed by atoms with Crippen molar-refractivity contribution in [2.45, 2.75) is 44.1 Å². The summed E-state index contributed by atoms with van der Waals surface area (Å²) in [6.45, 7) is 7.36. The Hall–Kier alpha value is -0.660. The molecule has 0 aliphatic carbocycles. The Morgan fingerprint density at radius 1 is 1.40 bits per heavy atom. The van der Waals surface area contributed by atoms with Gasteiger partial charge in [0.05, 0.1) is 12.6 Å². The van der Waals surface area contributed by atoms with E-state index in [-0.39, 0.29) is 17.9 Å². The molecule has 3 saturated heterocycles. The number of carbonyl (C=O) groups is 1. The number of ether oxygens (including phenoxy) is 1. The highest BCUT2D eigenvalue weighted by Crippen LogP contribution is 2.46. The fourth-order valence-corrected chi connectivity index (χ4v) is 6.09. The minimum absolute atomic E-state index is 0.0670. The number of rotatable bonds is 2. The van der Waals surface area contributed by atoms with Crippen molar-refractivity contribution in [1.82, 2.24) is 9.21 Å². The summed E-state index contributed by atoms with van der Waals surface area (Å²) in [6, 6.07) is 0. The van der Waals surface area contributed by atoms with E-state index in [1.807, 2.05) is 20.8 Å². The Labute approximate surface area is 120 Å². The maximum absolute atomic E-state index is 12.5. The third-order valence-corrected chi connectivity index (χ3v) is 7.12. The summed E-state index contributed by atoms with van der Waals surface area (Å²) in [4.78, 5) is 14.0. The standard InChI is InChI=1S/C13H22N2O4S/c1-4-15-8-13-7-14(12(16)9(2)3)6-10(19-13)5-11(13)20(15,17)18/h9-11H,4-8H2,1-3H3/t10-,11-,13-/m1/s1. The summed E-state index contributed by atoms with van der Waals surface area (Å²) < 4.78 is 32.5. The molecule has 1 spiro atoms. The van der Waals surface area contributed by atoms with E-state index in [4.69, 9.17) is 4.74 Å². The second kappa shape index (κ2) is 4.42. The first-order chi connectivity index (χ1) is 9.30. The maximum atomic E-state index is 12.5. The average Bonchev–Trinajstić information content (AvgIpc) is 2.75. The molecule has 0 N–H and O–H groups in total. The van der Waals surface area contributed by atoms with Crippen LogP contribution in [0.5, 0.6) is 0 Å². The lowest BCUT2D eigenvalue weighted by atomic mass is 9.99. The largest absolute Gasteiger partial charge is 0.365 e. The van der Waals surface area contributed by atoms with Gasteiger partial charge in [0, 0.05) is 25.6 Å². The molecule has 3 atom stereocenters. The second-order valence-electron chi connectivity index (χ2n) is 6.37. The van der Waals surface area contributed by atoms with Gasteiger partial charge in [-0.15, -0.1) is 0 Å². The van der Waals surface area contributed by atoms with Crippen molar-refractivity contribution in [1.29, 1.82) is 0 Å². The molecule has 20 heavy (non-hydrogen) atoms. The van der Waals surface area contributed by atoms with Crippen LogP contribution in [-0.2, 0) is 19.6 Å². The van der Waals surface area contributed by atoms with Gasteiger partial charge in [-0.05, 0) is 6.42 Å². The number of carbonyl (C=O) groups excluding carboxylic acids is 1. The quantitative estimate of drug-likeness (QED) is 0.723. The lowest BCUT2D eigenvalue weighted by Crippen LogP contribution is -2.57. The van der Waals surface area contributed by atoms with Gasteiger partial charge in [-0.3, -0.25) is 4.79 Å². The molecule has 0 saturated carbocycles. The number of nitrogens with zero attached hydrogens (tertiary/aromatic N) is 2. The van der Waals surface area contributed by atoms with Crippen LogP contribution in [0, 0.1) is 5.92 Å². The van der Waals surface area contributed by atoms with Crippen molar-refractivity contribution in [3.63, 3.8) is 0 Å². The van der Waals surface area contributed by atoms with Gasteiger partial charge in [0.25, 0.3) is 0 Å². The molecule has 114 valence electrons. The van der Waals surface area contributed by atoms with Crippen LogP contribution in [0.1, 0.15) is 27.2 Å².